The number of hydrogen-bond donors (Lipinski definition) is 0. The Labute approximate surface area is 272 Å². The first-order valence-electron chi connectivity index (χ1n) is 16.8. The third-order valence-electron chi connectivity index (χ3n) is 7.81. The molecule has 0 spiro atoms. The predicted octanol–water partition coefficient (Wildman–Crippen LogP) is 11.0. The summed E-state index contributed by atoms with van der Waals surface area (Å²) in [5, 5.41) is 2.51. The van der Waals surface area contributed by atoms with Gasteiger partial charge in [0.1, 0.15) is 0 Å². The molecule has 45 heavy (non-hydrogen) atoms. The highest BCUT2D eigenvalue weighted by Gasteiger charge is 2.42. The molecule has 0 aromatic heterocycles. The summed E-state index contributed by atoms with van der Waals surface area (Å²) in [6, 6.07) is 50.7. The molecule has 3 heteroatoms. The second kappa shape index (κ2) is 15.8. The summed E-state index contributed by atoms with van der Waals surface area (Å²) in [5.41, 5.74) is 11.4. The fraction of sp³-hybridized carbons (Fsp3) is 0.190. The maximum atomic E-state index is 2.45. The molecule has 228 valence electrons. The van der Waals surface area contributed by atoms with Gasteiger partial charge in [-0.1, -0.05) is 146 Å². The lowest BCUT2D eigenvalue weighted by Gasteiger charge is -2.44. The van der Waals surface area contributed by atoms with E-state index in [0.29, 0.717) is 0 Å². The van der Waals surface area contributed by atoms with Crippen molar-refractivity contribution in [3.8, 4) is 0 Å². The predicted molar refractivity (Wildman–Crippen MR) is 203 cm³/mol. The van der Waals surface area contributed by atoms with Gasteiger partial charge in [-0.15, -0.1) is 0 Å². The van der Waals surface area contributed by atoms with E-state index in [2.05, 4.69) is 149 Å². The van der Waals surface area contributed by atoms with Gasteiger partial charge in [-0.3, -0.25) is 0 Å². The van der Waals surface area contributed by atoms with Gasteiger partial charge in [-0.05, 0) is 75.7 Å². The average molecular weight is 591 g/mol. The molecule has 0 amide bonds. The van der Waals surface area contributed by atoms with Crippen LogP contribution in [-0.4, -0.2) is 6.71 Å². The minimum atomic E-state index is 0.176. The zero-order valence-electron chi connectivity index (χ0n) is 28.3. The molecule has 2 aliphatic heterocycles. The minimum Gasteiger partial charge on any atom is -0.311 e. The average Bonchev–Trinajstić information content (AvgIpc) is 3.15. The van der Waals surface area contributed by atoms with Gasteiger partial charge in [-0.2, -0.15) is 0 Å². The number of fused-ring (bicyclic) bond motifs is 5. The van der Waals surface area contributed by atoms with Crippen molar-refractivity contribution >= 4 is 68.0 Å². The van der Waals surface area contributed by atoms with E-state index in [4.69, 9.17) is 0 Å². The highest BCUT2D eigenvalue weighted by atomic mass is 15.2. The van der Waals surface area contributed by atoms with Gasteiger partial charge >= 0.3 is 0 Å². The van der Waals surface area contributed by atoms with Crippen LogP contribution < -0.4 is 26.2 Å². The second-order valence-corrected chi connectivity index (χ2v) is 9.80. The molecule has 2 heterocycles. The molecule has 0 aliphatic carbocycles. The molecule has 0 radical (unpaired) electrons. The Morgan fingerprint density at radius 2 is 0.800 bits per heavy atom. The van der Waals surface area contributed by atoms with Gasteiger partial charge in [0.05, 0.1) is 0 Å². The number of anilines is 6. The number of rotatable bonds is 2. The van der Waals surface area contributed by atoms with E-state index < -0.39 is 0 Å². The third kappa shape index (κ3) is 6.00. The summed E-state index contributed by atoms with van der Waals surface area (Å²) in [5.74, 6) is 0. The molecule has 2 nitrogen and oxygen atoms in total. The van der Waals surface area contributed by atoms with Gasteiger partial charge in [-0.25, -0.2) is 0 Å². The van der Waals surface area contributed by atoms with Gasteiger partial charge in [0.25, 0.3) is 6.71 Å². The number of benzene rings is 6. The Morgan fingerprint density at radius 1 is 0.356 bits per heavy atom. The highest BCUT2D eigenvalue weighted by molar-refractivity contribution is 7.00. The Hall–Kier alpha value is -4.76. The van der Waals surface area contributed by atoms with Crippen LogP contribution >= 0.6 is 0 Å². The Balaban J connectivity index is 0.000000537. The van der Waals surface area contributed by atoms with E-state index in [0.717, 1.165) is 0 Å². The SMILES string of the molecule is CC.CC.CC.CC.c1ccc(N2c3ccccc3B3c4ccccc4N(c4ccc5ccccc5c4)c4cccc2c43)cc1. The van der Waals surface area contributed by atoms with Gasteiger partial charge in [0.15, 0.2) is 0 Å². The van der Waals surface area contributed by atoms with E-state index in [-0.39, 0.29) is 6.71 Å². The largest absolute Gasteiger partial charge is 0.311 e. The molecule has 0 saturated heterocycles. The van der Waals surface area contributed by atoms with Crippen molar-refractivity contribution in [2.24, 2.45) is 0 Å². The number of nitrogens with zero attached hydrogens (tertiary/aromatic N) is 2. The molecule has 0 fully saturated rings. The normalized spacial score (nSPS) is 11.4. The molecule has 6 aromatic rings. The fourth-order valence-electron chi connectivity index (χ4n) is 6.28. The fourth-order valence-corrected chi connectivity index (χ4v) is 6.28. The lowest BCUT2D eigenvalue weighted by molar-refractivity contribution is 1.26. The molecule has 0 N–H and O–H groups in total. The van der Waals surface area contributed by atoms with E-state index in [1.54, 1.807) is 0 Å². The van der Waals surface area contributed by atoms with E-state index in [1.807, 2.05) is 55.4 Å². The molecule has 2 aliphatic rings. The molecule has 6 aromatic carbocycles. The first-order valence-corrected chi connectivity index (χ1v) is 16.8. The summed E-state index contributed by atoms with van der Waals surface area (Å²) >= 11 is 0. The van der Waals surface area contributed by atoms with Crippen LogP contribution in [0.1, 0.15) is 55.4 Å². The van der Waals surface area contributed by atoms with Crippen LogP contribution in [0.3, 0.4) is 0 Å². The smallest absolute Gasteiger partial charge is 0.252 e. The number of hydrogen-bond acceptors (Lipinski definition) is 2. The minimum absolute atomic E-state index is 0.176. The zero-order chi connectivity index (χ0) is 32.3. The zero-order valence-corrected chi connectivity index (χ0v) is 28.3. The Morgan fingerprint density at radius 3 is 1.38 bits per heavy atom. The highest BCUT2D eigenvalue weighted by Crippen LogP contribution is 2.43. The Kier molecular flexibility index (Phi) is 11.6. The number of para-hydroxylation sites is 3. The summed E-state index contributed by atoms with van der Waals surface area (Å²) < 4.78 is 0. The lowest BCUT2D eigenvalue weighted by atomic mass is 9.33. The molecule has 8 rings (SSSR count). The van der Waals surface area contributed by atoms with Gasteiger partial charge < -0.3 is 9.80 Å². The molecular formula is C42H47BN2. The molecule has 0 bridgehead atoms. The maximum absolute atomic E-state index is 2.45. The van der Waals surface area contributed by atoms with Crippen molar-refractivity contribution in [2.75, 3.05) is 9.80 Å². The standard InChI is InChI=1S/C34H23BN2.4C2H6/c1-2-13-26(14-3-1)36-30-17-8-6-15-28(30)35-29-16-7-9-18-31(29)37(33-20-10-19-32(36)34(33)35)27-22-21-24-11-4-5-12-25(24)23-27;4*1-2/h1-23H;4*1-2H3. The van der Waals surface area contributed by atoms with Crippen LogP contribution in [0, 0.1) is 0 Å². The summed E-state index contributed by atoms with van der Waals surface area (Å²) in [7, 11) is 0. The lowest BCUT2D eigenvalue weighted by Crippen LogP contribution is -2.61. The van der Waals surface area contributed by atoms with Crippen LogP contribution in [0.15, 0.2) is 140 Å². The summed E-state index contributed by atoms with van der Waals surface area (Å²) in [4.78, 5) is 4.88. The van der Waals surface area contributed by atoms with Crippen molar-refractivity contribution in [1.29, 1.82) is 0 Å². The van der Waals surface area contributed by atoms with Crippen molar-refractivity contribution in [3.05, 3.63) is 140 Å². The van der Waals surface area contributed by atoms with Crippen LogP contribution in [0.25, 0.3) is 10.8 Å². The first kappa shape index (κ1) is 33.1. The first-order chi connectivity index (χ1) is 22.4. The maximum Gasteiger partial charge on any atom is 0.252 e. The van der Waals surface area contributed by atoms with Crippen molar-refractivity contribution < 1.29 is 0 Å². The summed E-state index contributed by atoms with van der Waals surface area (Å²) in [6.45, 7) is 16.2. The topological polar surface area (TPSA) is 6.48 Å². The van der Waals surface area contributed by atoms with Gasteiger partial charge in [0, 0.05) is 34.1 Å². The van der Waals surface area contributed by atoms with Crippen molar-refractivity contribution in [1.82, 2.24) is 0 Å². The quantitative estimate of drug-likeness (QED) is 0.185. The molecule has 0 unspecified atom stereocenters. The second-order valence-electron chi connectivity index (χ2n) is 9.80. The van der Waals surface area contributed by atoms with Crippen LogP contribution in [0.4, 0.5) is 34.1 Å². The van der Waals surface area contributed by atoms with Gasteiger partial charge in [0.2, 0.25) is 0 Å². The monoisotopic (exact) mass is 590 g/mol. The molecule has 0 atom stereocenters. The van der Waals surface area contributed by atoms with E-state index in [9.17, 15) is 0 Å². The van der Waals surface area contributed by atoms with Crippen molar-refractivity contribution in [3.63, 3.8) is 0 Å². The van der Waals surface area contributed by atoms with Crippen LogP contribution in [-0.2, 0) is 0 Å². The molecular weight excluding hydrogens is 543 g/mol. The summed E-state index contributed by atoms with van der Waals surface area (Å²) in [6.07, 6.45) is 0. The van der Waals surface area contributed by atoms with Crippen LogP contribution in [0.5, 0.6) is 0 Å². The van der Waals surface area contributed by atoms with Crippen molar-refractivity contribution in [2.45, 2.75) is 55.4 Å². The Bertz CT molecular complexity index is 1810. The van der Waals surface area contributed by atoms with E-state index >= 15 is 0 Å². The third-order valence-corrected chi connectivity index (χ3v) is 7.81. The molecule has 0 saturated carbocycles. The van der Waals surface area contributed by atoms with Crippen LogP contribution in [0.2, 0.25) is 0 Å². The van der Waals surface area contributed by atoms with E-state index in [1.165, 1.54) is 61.3 Å².